The first-order valence-electron chi connectivity index (χ1n) is 22.1. The zero-order chi connectivity index (χ0) is 44.8. The molecule has 6 rings (SSSR count). The van der Waals surface area contributed by atoms with Crippen molar-refractivity contribution in [1.82, 2.24) is 15.0 Å². The van der Waals surface area contributed by atoms with Gasteiger partial charge in [-0.15, -0.1) is 15.0 Å². The minimum absolute atomic E-state index is 0. The zero-order valence-corrected chi connectivity index (χ0v) is 40.4. The second-order valence-electron chi connectivity index (χ2n) is 15.6. The van der Waals surface area contributed by atoms with Crippen LogP contribution in [-0.4, -0.2) is 71.3 Å². The summed E-state index contributed by atoms with van der Waals surface area (Å²) in [4.78, 5) is 15.3. The Morgan fingerprint density at radius 1 is 0.881 bits per heavy atom. The number of para-hydroxylation sites is 2. The van der Waals surface area contributed by atoms with Crippen LogP contribution in [0.4, 0.5) is 11.4 Å². The van der Waals surface area contributed by atoms with Gasteiger partial charge in [0.05, 0.1) is 29.8 Å². The van der Waals surface area contributed by atoms with Gasteiger partial charge in [-0.25, -0.2) is 8.42 Å². The van der Waals surface area contributed by atoms with Crippen LogP contribution in [0.15, 0.2) is 95.4 Å². The number of ether oxygens (including phenoxy) is 3. The van der Waals surface area contributed by atoms with Crippen molar-refractivity contribution in [2.24, 2.45) is 0 Å². The summed E-state index contributed by atoms with van der Waals surface area (Å²) < 4.78 is 71.4. The van der Waals surface area contributed by atoms with Crippen molar-refractivity contribution >= 4 is 27.2 Å². The van der Waals surface area contributed by atoms with Crippen LogP contribution in [0, 0.1) is 0 Å². The number of unbranched alkanes of at least 4 members (excludes halogenated alkanes) is 3. The van der Waals surface area contributed by atoms with E-state index in [1.807, 2.05) is 12.1 Å². The van der Waals surface area contributed by atoms with Gasteiger partial charge < -0.3 is 23.7 Å². The van der Waals surface area contributed by atoms with E-state index in [1.165, 1.54) is 50.6 Å². The Balaban J connectivity index is 0.00000163. The van der Waals surface area contributed by atoms with E-state index in [1.54, 1.807) is 0 Å². The van der Waals surface area contributed by atoms with Gasteiger partial charge in [-0.1, -0.05) is 84.4 Å². The van der Waals surface area contributed by atoms with Gasteiger partial charge in [0, 0.05) is 57.3 Å². The summed E-state index contributed by atoms with van der Waals surface area (Å²) in [5.74, 6) is 0.300. The number of allylic oxidation sites excluding steroid dienone is 7. The van der Waals surface area contributed by atoms with Crippen LogP contribution < -0.4 is 70.5 Å². The maximum atomic E-state index is 11.4. The molecule has 0 spiro atoms. The van der Waals surface area contributed by atoms with E-state index in [-0.39, 0.29) is 93.4 Å². The predicted octanol–water partition coefficient (Wildman–Crippen LogP) is 6.74. The van der Waals surface area contributed by atoms with Crippen LogP contribution in [0.3, 0.4) is 0 Å². The Bertz CT molecular complexity index is 2220. The van der Waals surface area contributed by atoms with Gasteiger partial charge in [-0.2, -0.15) is 4.58 Å². The molecule has 2 aromatic carbocycles. The summed E-state index contributed by atoms with van der Waals surface area (Å²) in [7, 11) is -0.303. The molecule has 3 aromatic rings. The molecule has 0 fully saturated rings. The molecule has 2 aliphatic heterocycles. The van der Waals surface area contributed by atoms with Crippen molar-refractivity contribution in [1.29, 1.82) is 0 Å². The fourth-order valence-electron chi connectivity index (χ4n) is 8.18. The molecular formula is C46H63KN5O6S+. The molecule has 0 unspecified atom stereocenters. The molecule has 3 heterocycles. The molecule has 0 N–H and O–H groups in total. The van der Waals surface area contributed by atoms with Crippen molar-refractivity contribution in [3.05, 3.63) is 107 Å². The average molecular weight is 856 g/mol. The first-order chi connectivity index (χ1) is 29.2. The standard InChI is InChI=1S/C44H55N5O6S.2CH4.K/c1-8-9-14-28-48-35-22-12-10-20-33(35)43(2,3)37(48)26-24-31-18-17-19-32(39(31)55-42-46-40(53-6)45-41(47-42)54-7)25-27-38-44(4,5)34-21-11-13-23-36(34)49(38)29-15-16-30-56(50,51)52;;;/h10-13,20-27H,8-9,14-19,28-30H2,1-7H3;2*1H4;/q;;;+1/i;1D2;1D;. The maximum Gasteiger partial charge on any atom is 1.00 e. The number of methoxy groups -OCH3 is 2. The molecule has 0 radical (unpaired) electrons. The summed E-state index contributed by atoms with van der Waals surface area (Å²) in [5, 5.41) is 0. The second kappa shape index (κ2) is 21.6. The van der Waals surface area contributed by atoms with E-state index in [2.05, 4.69) is 120 Å². The fourth-order valence-corrected chi connectivity index (χ4v) is 8.74. The Kier molecular flexibility index (Phi) is 16.6. The quantitative estimate of drug-likeness (QED) is 0.0662. The number of nitrogens with zero attached hydrogens (tertiary/aromatic N) is 5. The molecule has 0 bridgehead atoms. The summed E-state index contributed by atoms with van der Waals surface area (Å²) >= 11 is 0. The summed E-state index contributed by atoms with van der Waals surface area (Å²) in [6.45, 7) is 12.8. The molecule has 3 aliphatic rings. The molecule has 59 heavy (non-hydrogen) atoms. The van der Waals surface area contributed by atoms with E-state index >= 15 is 0 Å². The zero-order valence-electron chi connectivity index (χ0n) is 39.5. The number of hydrogen-bond acceptors (Lipinski definition) is 10. The largest absolute Gasteiger partial charge is 1.00 e. The van der Waals surface area contributed by atoms with Crippen LogP contribution >= 0.6 is 0 Å². The second-order valence-corrected chi connectivity index (χ2v) is 17.2. The van der Waals surface area contributed by atoms with Crippen LogP contribution in [0.5, 0.6) is 18.0 Å². The molecule has 13 heteroatoms. The van der Waals surface area contributed by atoms with E-state index in [0.717, 1.165) is 61.2 Å². The van der Waals surface area contributed by atoms with Gasteiger partial charge in [0.2, 0.25) is 5.69 Å². The topological polar surface area (TPSA) is 130 Å². The van der Waals surface area contributed by atoms with Crippen molar-refractivity contribution in [3.8, 4) is 18.0 Å². The summed E-state index contributed by atoms with van der Waals surface area (Å²) in [6, 6.07) is 17.3. The summed E-state index contributed by atoms with van der Waals surface area (Å²) in [6.07, 6.45) is 15.5. The molecule has 11 nitrogen and oxygen atoms in total. The molecule has 0 saturated heterocycles. The molecular weight excluding hydrogens is 790 g/mol. The number of anilines is 1. The molecule has 1 aliphatic carbocycles. The monoisotopic (exact) mass is 855 g/mol. The Morgan fingerprint density at radius 2 is 1.53 bits per heavy atom. The third kappa shape index (κ3) is 11.4. The maximum absolute atomic E-state index is 11.4. The third-order valence-corrected chi connectivity index (χ3v) is 11.9. The smallest absolute Gasteiger partial charge is 0.748 e. The Hall–Kier alpha value is -3.17. The number of hydrogen-bond donors (Lipinski definition) is 0. The Labute approximate surface area is 400 Å². The minimum Gasteiger partial charge on any atom is -0.748 e. The van der Waals surface area contributed by atoms with Gasteiger partial charge in [-0.3, -0.25) is 0 Å². The van der Waals surface area contributed by atoms with E-state index in [4.69, 9.17) is 18.3 Å². The number of aromatic nitrogens is 3. The van der Waals surface area contributed by atoms with E-state index in [9.17, 15) is 13.0 Å². The molecule has 0 saturated carbocycles. The van der Waals surface area contributed by atoms with E-state index < -0.39 is 10.1 Å². The van der Waals surface area contributed by atoms with Crippen molar-refractivity contribution in [2.45, 2.75) is 112 Å². The van der Waals surface area contributed by atoms with Gasteiger partial charge in [0.1, 0.15) is 12.3 Å². The van der Waals surface area contributed by atoms with Gasteiger partial charge in [0.15, 0.2) is 5.71 Å². The first-order valence-corrected chi connectivity index (χ1v) is 21.3. The Morgan fingerprint density at radius 3 is 2.19 bits per heavy atom. The minimum atomic E-state index is -4.28. The SMILES string of the molecule is CCCCC[N+]1=C(/C=C/C2=C(Oc3nc(OC)nc(OC)n3)C(=C/C=C3/N(CCCCS(=O)(=O)[O-])c4ccccc4C3(C)C)/CCC2)C(C)(C)c2ccccc21.[2H]C.[2H]C[2H].[K+]. The fraction of sp³-hybridized carbons (Fsp3) is 0.478. The molecule has 314 valence electrons. The normalized spacial score (nSPS) is 18.5. The van der Waals surface area contributed by atoms with Crippen LogP contribution in [-0.2, 0) is 20.9 Å². The van der Waals surface area contributed by atoms with Gasteiger partial charge >= 0.3 is 69.4 Å². The van der Waals surface area contributed by atoms with Crippen molar-refractivity contribution in [3.63, 3.8) is 0 Å². The first kappa shape index (κ1) is 45.4. The van der Waals surface area contributed by atoms with Crippen molar-refractivity contribution < 1.29 is 87.3 Å². The average Bonchev–Trinajstić information content (AvgIpc) is 3.59. The van der Waals surface area contributed by atoms with E-state index in [0.29, 0.717) is 25.1 Å². The van der Waals surface area contributed by atoms with Crippen LogP contribution in [0.25, 0.3) is 0 Å². The third-order valence-electron chi connectivity index (χ3n) is 11.1. The molecule has 1 aromatic heterocycles. The van der Waals surface area contributed by atoms with Crippen LogP contribution in [0.1, 0.15) is 116 Å². The molecule has 0 atom stereocenters. The number of fused-ring (bicyclic) bond motifs is 2. The van der Waals surface area contributed by atoms with Crippen molar-refractivity contribution in [2.75, 3.05) is 38.0 Å². The number of rotatable bonds is 16. The predicted molar refractivity (Wildman–Crippen MR) is 233 cm³/mol. The van der Waals surface area contributed by atoms with Gasteiger partial charge in [-0.05, 0) is 87.3 Å². The molecule has 0 amide bonds. The summed E-state index contributed by atoms with van der Waals surface area (Å²) in [5.41, 5.74) is 8.65. The number of benzene rings is 2. The van der Waals surface area contributed by atoms with Gasteiger partial charge in [0.25, 0.3) is 0 Å². The van der Waals surface area contributed by atoms with Crippen LogP contribution in [0.2, 0.25) is 0 Å².